The number of para-hydroxylation sites is 1. The molecule has 3 rings (SSSR count). The molecule has 1 fully saturated rings. The number of hydrogen-bond donors (Lipinski definition) is 3. The van der Waals surface area contributed by atoms with Gasteiger partial charge in [0.05, 0.1) is 24.3 Å². The summed E-state index contributed by atoms with van der Waals surface area (Å²) in [6.45, 7) is 3.95. The molecule has 1 heterocycles. The summed E-state index contributed by atoms with van der Waals surface area (Å²) in [7, 11) is 0. The molecule has 1 aliphatic heterocycles. The zero-order valence-corrected chi connectivity index (χ0v) is 16.9. The van der Waals surface area contributed by atoms with Crippen molar-refractivity contribution in [2.75, 3.05) is 11.9 Å². The molecule has 1 atom stereocenters. The van der Waals surface area contributed by atoms with Crippen LogP contribution in [0.5, 0.6) is 0 Å². The molecule has 8 heteroatoms. The van der Waals surface area contributed by atoms with E-state index in [-0.39, 0.29) is 30.9 Å². The summed E-state index contributed by atoms with van der Waals surface area (Å²) in [5.74, 6) is -0.957. The molecule has 30 heavy (non-hydrogen) atoms. The molecular weight excluding hydrogens is 384 g/mol. The average molecular weight is 408 g/mol. The van der Waals surface area contributed by atoms with Crippen molar-refractivity contribution in [3.05, 3.63) is 65.2 Å². The minimum absolute atomic E-state index is 0.0171. The standard InChI is InChI=1S/C22H24N4O4/c1-3-14(2)24-21(29)17-9-4-5-10-18(17)25-20(28)16-8-6-7-15(11-16)13-26-19(27)12-23-22(26)30/h4-11,14H,3,12-13H2,1-2H3,(H,23,30)(H,24,29)(H,25,28). The summed E-state index contributed by atoms with van der Waals surface area (Å²) in [4.78, 5) is 49.9. The van der Waals surface area contributed by atoms with E-state index in [4.69, 9.17) is 0 Å². The Bertz CT molecular complexity index is 973. The second-order valence-electron chi connectivity index (χ2n) is 7.12. The minimum atomic E-state index is -0.448. The van der Waals surface area contributed by atoms with Crippen LogP contribution < -0.4 is 16.0 Å². The summed E-state index contributed by atoms with van der Waals surface area (Å²) >= 11 is 0. The van der Waals surface area contributed by atoms with Crippen molar-refractivity contribution in [1.29, 1.82) is 0 Å². The van der Waals surface area contributed by atoms with Gasteiger partial charge in [-0.05, 0) is 43.2 Å². The molecule has 1 aliphatic rings. The van der Waals surface area contributed by atoms with E-state index in [1.54, 1.807) is 48.5 Å². The third-order valence-corrected chi connectivity index (χ3v) is 4.88. The quantitative estimate of drug-likeness (QED) is 0.612. The molecule has 3 N–H and O–H groups in total. The first kappa shape index (κ1) is 21.0. The number of benzene rings is 2. The number of nitrogens with one attached hydrogen (secondary N) is 3. The number of carbonyl (C=O) groups is 4. The monoisotopic (exact) mass is 408 g/mol. The summed E-state index contributed by atoms with van der Waals surface area (Å²) < 4.78 is 0. The maximum absolute atomic E-state index is 12.8. The molecular formula is C22H24N4O4. The molecule has 0 saturated carbocycles. The lowest BCUT2D eigenvalue weighted by Gasteiger charge is -2.15. The topological polar surface area (TPSA) is 108 Å². The van der Waals surface area contributed by atoms with Gasteiger partial charge in [0, 0.05) is 11.6 Å². The van der Waals surface area contributed by atoms with Crippen molar-refractivity contribution >= 4 is 29.4 Å². The van der Waals surface area contributed by atoms with Gasteiger partial charge in [0.25, 0.3) is 11.8 Å². The Kier molecular flexibility index (Phi) is 6.46. The van der Waals surface area contributed by atoms with Crippen molar-refractivity contribution in [3.63, 3.8) is 0 Å². The molecule has 0 radical (unpaired) electrons. The zero-order chi connectivity index (χ0) is 21.7. The highest BCUT2D eigenvalue weighted by atomic mass is 16.2. The predicted octanol–water partition coefficient (Wildman–Crippen LogP) is 2.52. The summed E-state index contributed by atoms with van der Waals surface area (Å²) in [6.07, 6.45) is 0.796. The Balaban J connectivity index is 1.75. The van der Waals surface area contributed by atoms with Gasteiger partial charge >= 0.3 is 6.03 Å². The molecule has 0 aliphatic carbocycles. The van der Waals surface area contributed by atoms with Crippen molar-refractivity contribution in [1.82, 2.24) is 15.5 Å². The molecule has 1 unspecified atom stereocenters. The molecule has 1 saturated heterocycles. The number of hydrogen-bond acceptors (Lipinski definition) is 4. The predicted molar refractivity (Wildman–Crippen MR) is 112 cm³/mol. The first-order valence-corrected chi connectivity index (χ1v) is 9.77. The normalized spacial score (nSPS) is 14.3. The lowest BCUT2D eigenvalue weighted by molar-refractivity contribution is -0.125. The van der Waals surface area contributed by atoms with Gasteiger partial charge < -0.3 is 16.0 Å². The van der Waals surface area contributed by atoms with Crippen LogP contribution >= 0.6 is 0 Å². The molecule has 0 spiro atoms. The lowest BCUT2D eigenvalue weighted by atomic mass is 10.1. The lowest BCUT2D eigenvalue weighted by Crippen LogP contribution is -2.32. The number of carbonyl (C=O) groups excluding carboxylic acids is 4. The van der Waals surface area contributed by atoms with Gasteiger partial charge in [-0.1, -0.05) is 31.2 Å². The highest BCUT2D eigenvalue weighted by Crippen LogP contribution is 2.18. The molecule has 0 aromatic heterocycles. The second-order valence-corrected chi connectivity index (χ2v) is 7.12. The van der Waals surface area contributed by atoms with E-state index < -0.39 is 11.9 Å². The van der Waals surface area contributed by atoms with Gasteiger partial charge in [-0.2, -0.15) is 0 Å². The van der Waals surface area contributed by atoms with Crippen LogP contribution in [-0.2, 0) is 11.3 Å². The van der Waals surface area contributed by atoms with Gasteiger partial charge in [-0.15, -0.1) is 0 Å². The second kappa shape index (κ2) is 9.21. The fourth-order valence-corrected chi connectivity index (χ4v) is 3.00. The molecule has 156 valence electrons. The molecule has 0 bridgehead atoms. The highest BCUT2D eigenvalue weighted by Gasteiger charge is 2.28. The van der Waals surface area contributed by atoms with E-state index in [0.29, 0.717) is 22.4 Å². The Morgan fingerprint density at radius 1 is 1.10 bits per heavy atom. The van der Waals surface area contributed by atoms with Crippen LogP contribution in [0.25, 0.3) is 0 Å². The van der Waals surface area contributed by atoms with Crippen LogP contribution in [0.1, 0.15) is 46.5 Å². The van der Waals surface area contributed by atoms with Crippen molar-refractivity contribution in [2.24, 2.45) is 0 Å². The fourth-order valence-electron chi connectivity index (χ4n) is 3.00. The Morgan fingerprint density at radius 3 is 2.57 bits per heavy atom. The Labute approximate surface area is 174 Å². The average Bonchev–Trinajstić information content (AvgIpc) is 3.06. The van der Waals surface area contributed by atoms with E-state index in [0.717, 1.165) is 11.3 Å². The fraction of sp³-hybridized carbons (Fsp3) is 0.273. The van der Waals surface area contributed by atoms with Crippen LogP contribution in [0, 0.1) is 0 Å². The van der Waals surface area contributed by atoms with Gasteiger partial charge in [0.2, 0.25) is 5.91 Å². The van der Waals surface area contributed by atoms with E-state index in [1.807, 2.05) is 13.8 Å². The highest BCUT2D eigenvalue weighted by molar-refractivity contribution is 6.09. The summed E-state index contributed by atoms with van der Waals surface area (Å²) in [5, 5.41) is 8.13. The minimum Gasteiger partial charge on any atom is -0.350 e. The van der Waals surface area contributed by atoms with E-state index >= 15 is 0 Å². The number of rotatable bonds is 7. The molecule has 8 nitrogen and oxygen atoms in total. The van der Waals surface area contributed by atoms with Crippen LogP contribution in [-0.4, -0.2) is 41.2 Å². The first-order chi connectivity index (χ1) is 14.4. The van der Waals surface area contributed by atoms with Gasteiger partial charge in [0.1, 0.15) is 0 Å². The van der Waals surface area contributed by atoms with Crippen LogP contribution in [0.3, 0.4) is 0 Å². The number of nitrogens with zero attached hydrogens (tertiary/aromatic N) is 1. The maximum Gasteiger partial charge on any atom is 0.324 e. The van der Waals surface area contributed by atoms with E-state index in [9.17, 15) is 19.2 Å². The smallest absolute Gasteiger partial charge is 0.324 e. The third kappa shape index (κ3) is 4.83. The van der Waals surface area contributed by atoms with E-state index in [1.165, 1.54) is 0 Å². The maximum atomic E-state index is 12.8. The molecule has 2 aromatic rings. The zero-order valence-electron chi connectivity index (χ0n) is 16.9. The van der Waals surface area contributed by atoms with Crippen LogP contribution in [0.4, 0.5) is 10.5 Å². The van der Waals surface area contributed by atoms with Gasteiger partial charge in [-0.25, -0.2) is 4.79 Å². The van der Waals surface area contributed by atoms with Gasteiger partial charge in [-0.3, -0.25) is 19.3 Å². The Hall–Kier alpha value is -3.68. The molecule has 5 amide bonds. The number of urea groups is 1. The van der Waals surface area contributed by atoms with Crippen molar-refractivity contribution in [2.45, 2.75) is 32.9 Å². The summed E-state index contributed by atoms with van der Waals surface area (Å²) in [6, 6.07) is 13.0. The summed E-state index contributed by atoms with van der Waals surface area (Å²) in [5.41, 5.74) is 1.79. The van der Waals surface area contributed by atoms with Crippen molar-refractivity contribution in [3.8, 4) is 0 Å². The van der Waals surface area contributed by atoms with E-state index in [2.05, 4.69) is 16.0 Å². The third-order valence-electron chi connectivity index (χ3n) is 4.88. The molecule has 2 aromatic carbocycles. The number of imide groups is 1. The van der Waals surface area contributed by atoms with Crippen LogP contribution in [0.2, 0.25) is 0 Å². The van der Waals surface area contributed by atoms with Crippen LogP contribution in [0.15, 0.2) is 48.5 Å². The number of amides is 5. The van der Waals surface area contributed by atoms with Gasteiger partial charge in [0.15, 0.2) is 0 Å². The first-order valence-electron chi connectivity index (χ1n) is 9.77. The number of anilines is 1. The SMILES string of the molecule is CCC(C)NC(=O)c1ccccc1NC(=O)c1cccc(CN2C(=O)CNC2=O)c1. The largest absolute Gasteiger partial charge is 0.350 e. The Morgan fingerprint density at radius 2 is 1.87 bits per heavy atom. The van der Waals surface area contributed by atoms with Crippen molar-refractivity contribution < 1.29 is 19.2 Å².